The number of carbonyl (C=O) groups is 1. The zero-order chi connectivity index (χ0) is 19.2. The van der Waals surface area contributed by atoms with Gasteiger partial charge in [0.2, 0.25) is 0 Å². The molecule has 144 valence electrons. The first-order valence-electron chi connectivity index (χ1n) is 9.68. The quantitative estimate of drug-likeness (QED) is 0.757. The first kappa shape index (κ1) is 18.7. The Labute approximate surface area is 169 Å². The van der Waals surface area contributed by atoms with Crippen molar-refractivity contribution >= 4 is 28.9 Å². The molecule has 0 unspecified atom stereocenters. The largest absolute Gasteiger partial charge is 0.487 e. The molecule has 4 rings (SSSR count). The predicted molar refractivity (Wildman–Crippen MR) is 113 cm³/mol. The monoisotopic (exact) mass is 393 g/mol. The van der Waals surface area contributed by atoms with Crippen molar-refractivity contribution in [3.8, 4) is 5.75 Å². The van der Waals surface area contributed by atoms with Crippen LogP contribution in [0.2, 0.25) is 0 Å². The molecule has 1 saturated carbocycles. The summed E-state index contributed by atoms with van der Waals surface area (Å²) in [6.45, 7) is 0.384. The van der Waals surface area contributed by atoms with Crippen molar-refractivity contribution in [3.05, 3.63) is 64.8 Å². The van der Waals surface area contributed by atoms with Crippen LogP contribution in [0.3, 0.4) is 0 Å². The van der Waals surface area contributed by atoms with E-state index in [1.165, 1.54) is 31.0 Å². The number of ether oxygens (including phenoxy) is 1. The normalized spacial score (nSPS) is 20.5. The number of rotatable bonds is 5. The topological polar surface area (TPSA) is 63.6 Å². The summed E-state index contributed by atoms with van der Waals surface area (Å²) in [5.41, 5.74) is 1.73. The highest BCUT2D eigenvalue weighted by Gasteiger charge is 2.25. The molecule has 0 atom stereocenters. The molecule has 1 aliphatic heterocycles. The number of para-hydroxylation sites is 1. The number of thioether (sulfide) groups is 1. The number of hydrogen-bond donors (Lipinski definition) is 1. The third kappa shape index (κ3) is 4.81. The van der Waals surface area contributed by atoms with Gasteiger partial charge in [0, 0.05) is 11.8 Å². The molecule has 1 saturated heterocycles. The molecule has 0 radical (unpaired) electrons. The van der Waals surface area contributed by atoms with Crippen LogP contribution in [0.1, 0.15) is 43.4 Å². The van der Waals surface area contributed by atoms with Crippen molar-refractivity contribution in [2.24, 2.45) is 4.99 Å². The Balaban J connectivity index is 1.47. The number of nitrogens with one attached hydrogen (secondary N) is 1. The van der Waals surface area contributed by atoms with Crippen LogP contribution in [0.25, 0.3) is 6.08 Å². The van der Waals surface area contributed by atoms with Crippen LogP contribution in [-0.4, -0.2) is 22.1 Å². The van der Waals surface area contributed by atoms with Crippen LogP contribution in [0.15, 0.2) is 58.6 Å². The van der Waals surface area contributed by atoms with Gasteiger partial charge in [-0.25, -0.2) is 0 Å². The van der Waals surface area contributed by atoms with Crippen LogP contribution in [-0.2, 0) is 11.4 Å². The van der Waals surface area contributed by atoms with Crippen LogP contribution >= 0.6 is 11.8 Å². The molecule has 1 aliphatic carbocycles. The van der Waals surface area contributed by atoms with E-state index in [9.17, 15) is 4.79 Å². The number of benzene rings is 1. The summed E-state index contributed by atoms with van der Waals surface area (Å²) in [6, 6.07) is 13.8. The molecule has 1 amide bonds. The molecule has 1 N–H and O–H groups in total. The second-order valence-electron chi connectivity index (χ2n) is 6.94. The van der Waals surface area contributed by atoms with Crippen molar-refractivity contribution in [2.75, 3.05) is 0 Å². The molecule has 2 heterocycles. The molecule has 0 spiro atoms. The third-order valence-corrected chi connectivity index (χ3v) is 5.76. The van der Waals surface area contributed by atoms with Crippen molar-refractivity contribution in [3.63, 3.8) is 0 Å². The molecule has 28 heavy (non-hydrogen) atoms. The van der Waals surface area contributed by atoms with Gasteiger partial charge in [0.1, 0.15) is 12.4 Å². The van der Waals surface area contributed by atoms with Gasteiger partial charge in [0.15, 0.2) is 5.17 Å². The van der Waals surface area contributed by atoms with E-state index in [2.05, 4.69) is 10.3 Å². The molecule has 2 aromatic rings. The van der Waals surface area contributed by atoms with Gasteiger partial charge in [-0.2, -0.15) is 0 Å². The Bertz CT molecular complexity index is 890. The van der Waals surface area contributed by atoms with E-state index in [1.54, 1.807) is 6.20 Å². The number of nitrogens with zero attached hydrogens (tertiary/aromatic N) is 2. The fraction of sp³-hybridized carbons (Fsp3) is 0.318. The van der Waals surface area contributed by atoms with E-state index in [0.717, 1.165) is 35.0 Å². The van der Waals surface area contributed by atoms with E-state index in [-0.39, 0.29) is 5.91 Å². The maximum atomic E-state index is 12.4. The average Bonchev–Trinajstić information content (AvgIpc) is 3.07. The first-order valence-corrected chi connectivity index (χ1v) is 10.5. The molecule has 5 nitrogen and oxygen atoms in total. The van der Waals surface area contributed by atoms with Gasteiger partial charge in [0.25, 0.3) is 5.91 Å². The van der Waals surface area contributed by atoms with Crippen LogP contribution in [0.5, 0.6) is 5.75 Å². The van der Waals surface area contributed by atoms with E-state index >= 15 is 0 Å². The lowest BCUT2D eigenvalue weighted by molar-refractivity contribution is -0.115. The molecule has 1 aromatic carbocycles. The molecule has 2 fully saturated rings. The maximum absolute atomic E-state index is 12.4. The maximum Gasteiger partial charge on any atom is 0.264 e. The zero-order valence-corrected chi connectivity index (χ0v) is 16.5. The lowest BCUT2D eigenvalue weighted by Crippen LogP contribution is -2.22. The minimum Gasteiger partial charge on any atom is -0.487 e. The minimum atomic E-state index is -0.0981. The first-order chi connectivity index (χ1) is 13.8. The Hall–Kier alpha value is -2.60. The summed E-state index contributed by atoms with van der Waals surface area (Å²) < 4.78 is 5.94. The smallest absolute Gasteiger partial charge is 0.264 e. The number of amidine groups is 1. The number of carbonyl (C=O) groups excluding carboxylic acids is 1. The second-order valence-corrected chi connectivity index (χ2v) is 7.97. The highest BCUT2D eigenvalue weighted by atomic mass is 32.2. The zero-order valence-electron chi connectivity index (χ0n) is 15.6. The van der Waals surface area contributed by atoms with Crippen molar-refractivity contribution in [2.45, 2.75) is 44.8 Å². The summed E-state index contributed by atoms with van der Waals surface area (Å²) in [7, 11) is 0. The third-order valence-electron chi connectivity index (χ3n) is 4.83. The minimum absolute atomic E-state index is 0.0981. The van der Waals surface area contributed by atoms with E-state index in [4.69, 9.17) is 9.73 Å². The fourth-order valence-corrected chi connectivity index (χ4v) is 4.26. The Morgan fingerprint density at radius 3 is 2.79 bits per heavy atom. The Kier molecular flexibility index (Phi) is 6.07. The van der Waals surface area contributed by atoms with Crippen molar-refractivity contribution < 1.29 is 9.53 Å². The van der Waals surface area contributed by atoms with Crippen molar-refractivity contribution in [1.82, 2.24) is 10.3 Å². The highest BCUT2D eigenvalue weighted by molar-refractivity contribution is 8.18. The number of aromatic nitrogens is 1. The van der Waals surface area contributed by atoms with Crippen molar-refractivity contribution in [1.29, 1.82) is 0 Å². The van der Waals surface area contributed by atoms with Gasteiger partial charge in [-0.15, -0.1) is 0 Å². The lowest BCUT2D eigenvalue weighted by atomic mass is 9.96. The number of aliphatic imine (C=N–C) groups is 1. The van der Waals surface area contributed by atoms with Gasteiger partial charge >= 0.3 is 0 Å². The van der Waals surface area contributed by atoms with Gasteiger partial charge < -0.3 is 10.1 Å². The number of amides is 1. The summed E-state index contributed by atoms with van der Waals surface area (Å²) in [5, 5.41) is 3.62. The fourth-order valence-electron chi connectivity index (χ4n) is 3.37. The summed E-state index contributed by atoms with van der Waals surface area (Å²) in [4.78, 5) is 22.1. The second kappa shape index (κ2) is 9.06. The average molecular weight is 394 g/mol. The summed E-state index contributed by atoms with van der Waals surface area (Å²) in [6.07, 6.45) is 9.59. The van der Waals surface area contributed by atoms with E-state index in [0.29, 0.717) is 17.6 Å². The van der Waals surface area contributed by atoms with Crippen LogP contribution < -0.4 is 10.1 Å². The molecular formula is C22H23N3O2S. The van der Waals surface area contributed by atoms with Crippen LogP contribution in [0.4, 0.5) is 0 Å². The highest BCUT2D eigenvalue weighted by Crippen LogP contribution is 2.31. The molecular weight excluding hydrogens is 370 g/mol. The Morgan fingerprint density at radius 2 is 1.96 bits per heavy atom. The van der Waals surface area contributed by atoms with Gasteiger partial charge in [-0.1, -0.05) is 43.5 Å². The van der Waals surface area contributed by atoms with Gasteiger partial charge in [0.05, 0.1) is 16.6 Å². The summed E-state index contributed by atoms with van der Waals surface area (Å²) in [5.74, 6) is 0.630. The standard InChI is InChI=1S/C22H23N3O2S/c26-21-20(28-22(25-21)24-17-9-2-1-3-10-17)14-16-8-4-5-12-19(16)27-15-18-11-6-7-13-23-18/h4-8,11-14,17H,1-3,9-10,15H2,(H,24,25,26). The van der Waals surface area contributed by atoms with Gasteiger partial charge in [-0.05, 0) is 48.9 Å². The molecule has 2 aliphatic rings. The Morgan fingerprint density at radius 1 is 1.14 bits per heavy atom. The molecule has 1 aromatic heterocycles. The molecule has 0 bridgehead atoms. The predicted octanol–water partition coefficient (Wildman–Crippen LogP) is 4.55. The van der Waals surface area contributed by atoms with Gasteiger partial charge in [-0.3, -0.25) is 14.8 Å². The SMILES string of the molecule is O=C1NC(=NC2CCCCC2)SC1=Cc1ccccc1OCc1ccccn1. The lowest BCUT2D eigenvalue weighted by Gasteiger charge is -2.17. The van der Waals surface area contributed by atoms with E-state index in [1.807, 2.05) is 48.5 Å². The number of hydrogen-bond acceptors (Lipinski definition) is 5. The van der Waals surface area contributed by atoms with Crippen LogP contribution in [0, 0.1) is 0 Å². The van der Waals surface area contributed by atoms with E-state index < -0.39 is 0 Å². The molecule has 6 heteroatoms. The number of pyridine rings is 1. The summed E-state index contributed by atoms with van der Waals surface area (Å²) >= 11 is 1.41.